The zero-order valence-electron chi connectivity index (χ0n) is 8.74. The van der Waals surface area contributed by atoms with Crippen molar-refractivity contribution in [1.29, 1.82) is 5.26 Å². The van der Waals surface area contributed by atoms with Crippen molar-refractivity contribution >= 4 is 5.91 Å². The molecule has 0 unspecified atom stereocenters. The summed E-state index contributed by atoms with van der Waals surface area (Å²) in [7, 11) is 3.67. The summed E-state index contributed by atoms with van der Waals surface area (Å²) >= 11 is 0. The van der Waals surface area contributed by atoms with Crippen LogP contribution < -0.4 is 0 Å². The molecule has 0 saturated carbocycles. The maximum Gasteiger partial charge on any atom is 0.237 e. The average Bonchev–Trinajstić information content (AvgIpc) is 1.97. The van der Waals surface area contributed by atoms with Crippen LogP contribution in [0.15, 0.2) is 0 Å². The van der Waals surface area contributed by atoms with Crippen molar-refractivity contribution in [2.45, 2.75) is 19.9 Å². The number of hydrogen-bond acceptors (Lipinski definition) is 3. The third-order valence-corrected chi connectivity index (χ3v) is 1.64. The second kappa shape index (κ2) is 5.55. The molecule has 0 N–H and O–H groups in total. The molecular weight excluding hydrogens is 166 g/mol. The molecule has 1 amide bonds. The van der Waals surface area contributed by atoms with Gasteiger partial charge >= 0.3 is 0 Å². The Labute approximate surface area is 79.7 Å². The summed E-state index contributed by atoms with van der Waals surface area (Å²) in [4.78, 5) is 14.9. The minimum Gasteiger partial charge on any atom is -0.326 e. The van der Waals surface area contributed by atoms with E-state index in [1.165, 1.54) is 0 Å². The van der Waals surface area contributed by atoms with Gasteiger partial charge in [0.25, 0.3) is 0 Å². The monoisotopic (exact) mass is 183 g/mol. The van der Waals surface area contributed by atoms with E-state index in [9.17, 15) is 4.79 Å². The minimum atomic E-state index is 0.00144. The molecule has 0 rings (SSSR count). The van der Waals surface area contributed by atoms with Crippen LogP contribution in [0.2, 0.25) is 0 Å². The quantitative estimate of drug-likeness (QED) is 0.589. The topological polar surface area (TPSA) is 47.3 Å². The van der Waals surface area contributed by atoms with Gasteiger partial charge < -0.3 is 9.80 Å². The highest BCUT2D eigenvalue weighted by atomic mass is 16.2. The van der Waals surface area contributed by atoms with Gasteiger partial charge in [-0.3, -0.25) is 4.79 Å². The number of rotatable bonds is 4. The first kappa shape index (κ1) is 11.9. The molecular formula is C9H17N3O. The van der Waals surface area contributed by atoms with Gasteiger partial charge in [-0.1, -0.05) is 0 Å². The summed E-state index contributed by atoms with van der Waals surface area (Å²) in [6.07, 6.45) is 0. The molecule has 13 heavy (non-hydrogen) atoms. The number of nitriles is 1. The van der Waals surface area contributed by atoms with Crippen LogP contribution in [0.5, 0.6) is 0 Å². The van der Waals surface area contributed by atoms with Crippen LogP contribution in [0.3, 0.4) is 0 Å². The second-order valence-corrected chi connectivity index (χ2v) is 3.51. The van der Waals surface area contributed by atoms with E-state index in [2.05, 4.69) is 0 Å². The van der Waals surface area contributed by atoms with E-state index in [0.717, 1.165) is 0 Å². The van der Waals surface area contributed by atoms with Crippen molar-refractivity contribution in [3.8, 4) is 6.07 Å². The fourth-order valence-electron chi connectivity index (χ4n) is 0.996. The molecule has 0 fully saturated rings. The van der Waals surface area contributed by atoms with Crippen LogP contribution in [0.25, 0.3) is 0 Å². The van der Waals surface area contributed by atoms with E-state index in [0.29, 0.717) is 6.54 Å². The van der Waals surface area contributed by atoms with Gasteiger partial charge in [-0.25, -0.2) is 0 Å². The third-order valence-electron chi connectivity index (χ3n) is 1.64. The Balaban J connectivity index is 4.22. The molecule has 4 nitrogen and oxygen atoms in total. The molecule has 0 aromatic heterocycles. The molecule has 0 spiro atoms. The first-order chi connectivity index (χ1) is 5.99. The Hall–Kier alpha value is -1.08. The molecule has 0 saturated heterocycles. The van der Waals surface area contributed by atoms with Crippen LogP contribution in [0.4, 0.5) is 0 Å². The Bertz CT molecular complexity index is 205. The maximum atomic E-state index is 11.5. The van der Waals surface area contributed by atoms with Crippen LogP contribution >= 0.6 is 0 Å². The largest absolute Gasteiger partial charge is 0.326 e. The zero-order valence-corrected chi connectivity index (χ0v) is 8.74. The van der Waals surface area contributed by atoms with Gasteiger partial charge in [0.05, 0.1) is 12.6 Å². The maximum absolute atomic E-state index is 11.5. The first-order valence-corrected chi connectivity index (χ1v) is 4.30. The van der Waals surface area contributed by atoms with Crippen molar-refractivity contribution in [1.82, 2.24) is 9.80 Å². The lowest BCUT2D eigenvalue weighted by molar-refractivity contribution is -0.132. The average molecular weight is 183 g/mol. The summed E-state index contributed by atoms with van der Waals surface area (Å²) in [6, 6.07) is 2.08. The Morgan fingerprint density at radius 3 is 2.31 bits per heavy atom. The van der Waals surface area contributed by atoms with Crippen LogP contribution in [0, 0.1) is 11.3 Å². The SMILES string of the molecule is CC(C)N(CC#N)C(=O)CN(C)C. The summed E-state index contributed by atoms with van der Waals surface area (Å²) in [6.45, 7) is 4.35. The first-order valence-electron chi connectivity index (χ1n) is 4.30. The van der Waals surface area contributed by atoms with E-state index < -0.39 is 0 Å². The summed E-state index contributed by atoms with van der Waals surface area (Å²) < 4.78 is 0. The van der Waals surface area contributed by atoms with Gasteiger partial charge in [0, 0.05) is 6.04 Å². The predicted molar refractivity (Wildman–Crippen MR) is 51.0 cm³/mol. The van der Waals surface area contributed by atoms with Gasteiger partial charge in [0.2, 0.25) is 5.91 Å². The fraction of sp³-hybridized carbons (Fsp3) is 0.778. The van der Waals surface area contributed by atoms with Gasteiger partial charge in [0.1, 0.15) is 6.54 Å². The summed E-state index contributed by atoms with van der Waals surface area (Å²) in [5.41, 5.74) is 0. The van der Waals surface area contributed by atoms with Crippen molar-refractivity contribution in [2.24, 2.45) is 0 Å². The highest BCUT2D eigenvalue weighted by Gasteiger charge is 2.16. The smallest absolute Gasteiger partial charge is 0.237 e. The van der Waals surface area contributed by atoms with Gasteiger partial charge in [-0.15, -0.1) is 0 Å². The molecule has 0 aromatic carbocycles. The van der Waals surface area contributed by atoms with E-state index >= 15 is 0 Å². The molecule has 0 bridgehead atoms. The van der Waals surface area contributed by atoms with Crippen LogP contribution in [-0.2, 0) is 4.79 Å². The van der Waals surface area contributed by atoms with Gasteiger partial charge in [0.15, 0.2) is 0 Å². The van der Waals surface area contributed by atoms with Gasteiger partial charge in [-0.2, -0.15) is 5.26 Å². The Morgan fingerprint density at radius 2 is 2.00 bits per heavy atom. The fourth-order valence-corrected chi connectivity index (χ4v) is 0.996. The van der Waals surface area contributed by atoms with Gasteiger partial charge in [-0.05, 0) is 27.9 Å². The Kier molecular flexibility index (Phi) is 5.09. The molecule has 0 aromatic rings. The van der Waals surface area contributed by atoms with Crippen molar-refractivity contribution < 1.29 is 4.79 Å². The number of carbonyl (C=O) groups is 1. The molecule has 0 radical (unpaired) electrons. The lowest BCUT2D eigenvalue weighted by atomic mass is 10.3. The zero-order chi connectivity index (χ0) is 10.4. The molecule has 0 heterocycles. The van der Waals surface area contributed by atoms with Crippen molar-refractivity contribution in [3.05, 3.63) is 0 Å². The molecule has 0 aliphatic carbocycles. The lowest BCUT2D eigenvalue weighted by Crippen LogP contribution is -2.42. The lowest BCUT2D eigenvalue weighted by Gasteiger charge is -2.25. The highest BCUT2D eigenvalue weighted by molar-refractivity contribution is 5.78. The number of hydrogen-bond donors (Lipinski definition) is 0. The molecule has 0 aliphatic heterocycles. The number of carbonyl (C=O) groups excluding carboxylic acids is 1. The van der Waals surface area contributed by atoms with E-state index in [-0.39, 0.29) is 18.5 Å². The number of nitrogens with zero attached hydrogens (tertiary/aromatic N) is 3. The van der Waals surface area contributed by atoms with Crippen LogP contribution in [-0.4, -0.2) is 48.9 Å². The number of amides is 1. The normalized spacial score (nSPS) is 10.2. The summed E-state index contributed by atoms with van der Waals surface area (Å²) in [5.74, 6) is 0.00144. The minimum absolute atomic E-state index is 0.00144. The summed E-state index contributed by atoms with van der Waals surface area (Å²) in [5, 5.41) is 8.51. The molecule has 0 atom stereocenters. The molecule has 0 aliphatic rings. The number of likely N-dealkylation sites (N-methyl/N-ethyl adjacent to an activating group) is 1. The van der Waals surface area contributed by atoms with Crippen molar-refractivity contribution in [2.75, 3.05) is 27.2 Å². The predicted octanol–water partition coefficient (Wildman–Crippen LogP) is 0.309. The molecule has 4 heteroatoms. The van der Waals surface area contributed by atoms with E-state index in [1.807, 2.05) is 34.0 Å². The Morgan fingerprint density at radius 1 is 1.46 bits per heavy atom. The van der Waals surface area contributed by atoms with E-state index in [4.69, 9.17) is 5.26 Å². The second-order valence-electron chi connectivity index (χ2n) is 3.51. The van der Waals surface area contributed by atoms with Crippen LogP contribution in [0.1, 0.15) is 13.8 Å². The standard InChI is InChI=1S/C9H17N3O/c1-8(2)12(6-5-10)9(13)7-11(3)4/h8H,6-7H2,1-4H3. The van der Waals surface area contributed by atoms with E-state index in [1.54, 1.807) is 9.80 Å². The van der Waals surface area contributed by atoms with Crippen molar-refractivity contribution in [3.63, 3.8) is 0 Å². The third kappa shape index (κ3) is 4.48. The highest BCUT2D eigenvalue weighted by Crippen LogP contribution is 1.98. The molecule has 74 valence electrons.